The normalized spacial score (nSPS) is 12.3. The molecule has 0 aliphatic heterocycles. The minimum atomic E-state index is -0.811. The SMILES string of the molecule is CC(OC(=O)CCCc1nc2ccccc2s1)C(=O)c1c[nH]c2ccccc12. The molecule has 0 bridgehead atoms. The number of H-pyrrole nitrogens is 1. The number of benzene rings is 2. The van der Waals surface area contributed by atoms with E-state index in [2.05, 4.69) is 9.97 Å². The summed E-state index contributed by atoms with van der Waals surface area (Å²) in [6.07, 6.45) is 2.49. The van der Waals surface area contributed by atoms with Crippen molar-refractivity contribution >= 4 is 44.2 Å². The first-order chi connectivity index (χ1) is 13.6. The Bertz CT molecular complexity index is 1110. The van der Waals surface area contributed by atoms with Gasteiger partial charge < -0.3 is 9.72 Å². The average Bonchev–Trinajstić information content (AvgIpc) is 3.31. The molecular weight excluding hydrogens is 372 g/mol. The van der Waals surface area contributed by atoms with E-state index in [0.717, 1.165) is 32.5 Å². The number of ketones is 1. The fourth-order valence-corrected chi connectivity index (χ4v) is 4.22. The first kappa shape index (κ1) is 18.4. The largest absolute Gasteiger partial charge is 0.454 e. The maximum atomic E-state index is 12.6. The molecular formula is C22H20N2O3S. The fourth-order valence-electron chi connectivity index (χ4n) is 3.21. The molecule has 28 heavy (non-hydrogen) atoms. The third kappa shape index (κ3) is 3.82. The van der Waals surface area contributed by atoms with Crippen molar-refractivity contribution in [2.75, 3.05) is 0 Å². The third-order valence-electron chi connectivity index (χ3n) is 4.64. The van der Waals surface area contributed by atoms with Gasteiger partial charge in [0.2, 0.25) is 5.78 Å². The van der Waals surface area contributed by atoms with Crippen molar-refractivity contribution in [3.8, 4) is 0 Å². The molecule has 0 spiro atoms. The number of thiazole rings is 1. The summed E-state index contributed by atoms with van der Waals surface area (Å²) in [4.78, 5) is 32.4. The molecule has 2 aromatic heterocycles. The quantitative estimate of drug-likeness (QED) is 0.358. The monoisotopic (exact) mass is 392 g/mol. The number of aromatic amines is 1. The van der Waals surface area contributed by atoms with Crippen LogP contribution < -0.4 is 0 Å². The van der Waals surface area contributed by atoms with E-state index in [4.69, 9.17) is 4.74 Å². The van der Waals surface area contributed by atoms with Crippen LogP contribution in [0.2, 0.25) is 0 Å². The molecule has 0 saturated heterocycles. The van der Waals surface area contributed by atoms with Gasteiger partial charge in [0.05, 0.1) is 15.2 Å². The van der Waals surface area contributed by atoms with Crippen molar-refractivity contribution in [2.24, 2.45) is 0 Å². The molecule has 1 atom stereocenters. The number of nitrogens with one attached hydrogen (secondary N) is 1. The fraction of sp³-hybridized carbons (Fsp3) is 0.227. The summed E-state index contributed by atoms with van der Waals surface area (Å²) in [6, 6.07) is 15.6. The Balaban J connectivity index is 1.31. The Kier molecular flexibility index (Phi) is 5.21. The zero-order valence-electron chi connectivity index (χ0n) is 15.5. The Hall–Kier alpha value is -2.99. The van der Waals surface area contributed by atoms with Gasteiger partial charge in [-0.1, -0.05) is 30.3 Å². The average molecular weight is 392 g/mol. The van der Waals surface area contributed by atoms with E-state index >= 15 is 0 Å². The van der Waals surface area contributed by atoms with E-state index in [0.29, 0.717) is 12.0 Å². The van der Waals surface area contributed by atoms with Crippen LogP contribution in [0.4, 0.5) is 0 Å². The Morgan fingerprint density at radius 3 is 2.79 bits per heavy atom. The van der Waals surface area contributed by atoms with Gasteiger partial charge in [-0.15, -0.1) is 11.3 Å². The summed E-state index contributed by atoms with van der Waals surface area (Å²) in [7, 11) is 0. The summed E-state index contributed by atoms with van der Waals surface area (Å²) in [6.45, 7) is 1.62. The molecule has 0 saturated carbocycles. The van der Waals surface area contributed by atoms with E-state index in [-0.39, 0.29) is 18.2 Å². The lowest BCUT2D eigenvalue weighted by Crippen LogP contribution is -2.24. The highest BCUT2D eigenvalue weighted by Gasteiger charge is 2.22. The van der Waals surface area contributed by atoms with Crippen molar-refractivity contribution in [1.29, 1.82) is 0 Å². The van der Waals surface area contributed by atoms with Crippen LogP contribution in [0.3, 0.4) is 0 Å². The van der Waals surface area contributed by atoms with Crippen molar-refractivity contribution < 1.29 is 14.3 Å². The van der Waals surface area contributed by atoms with Gasteiger partial charge in [0.1, 0.15) is 0 Å². The summed E-state index contributed by atoms with van der Waals surface area (Å²) >= 11 is 1.65. The topological polar surface area (TPSA) is 72.0 Å². The third-order valence-corrected chi connectivity index (χ3v) is 5.74. The van der Waals surface area contributed by atoms with E-state index in [1.54, 1.807) is 24.5 Å². The van der Waals surface area contributed by atoms with Gasteiger partial charge in [-0.2, -0.15) is 0 Å². The van der Waals surface area contributed by atoms with Crippen molar-refractivity contribution in [3.63, 3.8) is 0 Å². The van der Waals surface area contributed by atoms with Crippen molar-refractivity contribution in [2.45, 2.75) is 32.3 Å². The molecule has 142 valence electrons. The van der Waals surface area contributed by atoms with Gasteiger partial charge in [0, 0.05) is 29.1 Å². The van der Waals surface area contributed by atoms with Crippen molar-refractivity contribution in [1.82, 2.24) is 9.97 Å². The number of nitrogens with zero attached hydrogens (tertiary/aromatic N) is 1. The van der Waals surface area contributed by atoms with Gasteiger partial charge in [-0.25, -0.2) is 4.98 Å². The van der Waals surface area contributed by atoms with Crippen LogP contribution in [0.1, 0.15) is 35.1 Å². The molecule has 6 heteroatoms. The maximum absolute atomic E-state index is 12.6. The molecule has 2 heterocycles. The smallest absolute Gasteiger partial charge is 0.306 e. The van der Waals surface area contributed by atoms with E-state index in [1.807, 2.05) is 48.5 Å². The standard InChI is InChI=1S/C22H20N2O3S/c1-14(22(26)16-13-23-17-8-3-2-7-15(16)17)27-21(25)12-6-11-20-24-18-9-4-5-10-19(18)28-20/h2-5,7-10,13-14,23H,6,11-12H2,1H3. The van der Waals surface area contributed by atoms with Crippen LogP contribution in [0.25, 0.3) is 21.1 Å². The predicted octanol–water partition coefficient (Wildman–Crippen LogP) is 4.91. The highest BCUT2D eigenvalue weighted by atomic mass is 32.1. The van der Waals surface area contributed by atoms with Crippen LogP contribution in [-0.2, 0) is 16.0 Å². The molecule has 0 aliphatic carbocycles. The number of Topliss-reactive ketones (excluding diaryl/α,β-unsaturated/α-hetero) is 1. The molecule has 4 rings (SSSR count). The molecule has 0 fully saturated rings. The number of rotatable bonds is 7. The van der Waals surface area contributed by atoms with E-state index in [1.165, 1.54) is 0 Å². The summed E-state index contributed by atoms with van der Waals surface area (Å²) in [5.74, 6) is -0.557. The number of aromatic nitrogens is 2. The second kappa shape index (κ2) is 7.94. The lowest BCUT2D eigenvalue weighted by molar-refractivity contribution is -0.146. The summed E-state index contributed by atoms with van der Waals surface area (Å²) in [5.41, 5.74) is 2.42. The highest BCUT2D eigenvalue weighted by Crippen LogP contribution is 2.23. The van der Waals surface area contributed by atoms with Gasteiger partial charge in [0.15, 0.2) is 6.10 Å². The second-order valence-corrected chi connectivity index (χ2v) is 7.79. The second-order valence-electron chi connectivity index (χ2n) is 6.67. The number of ether oxygens (including phenoxy) is 1. The molecule has 0 radical (unpaired) electrons. The van der Waals surface area contributed by atoms with Gasteiger partial charge >= 0.3 is 5.97 Å². The molecule has 5 nitrogen and oxygen atoms in total. The highest BCUT2D eigenvalue weighted by molar-refractivity contribution is 7.18. The van der Waals surface area contributed by atoms with Crippen LogP contribution in [0.5, 0.6) is 0 Å². The first-order valence-electron chi connectivity index (χ1n) is 9.26. The van der Waals surface area contributed by atoms with E-state index in [9.17, 15) is 9.59 Å². The van der Waals surface area contributed by atoms with Gasteiger partial charge in [0.25, 0.3) is 0 Å². The van der Waals surface area contributed by atoms with Crippen LogP contribution in [-0.4, -0.2) is 27.8 Å². The number of hydrogen-bond donors (Lipinski definition) is 1. The number of esters is 1. The summed E-state index contributed by atoms with van der Waals surface area (Å²) < 4.78 is 6.51. The first-order valence-corrected chi connectivity index (χ1v) is 10.1. The lowest BCUT2D eigenvalue weighted by atomic mass is 10.1. The van der Waals surface area contributed by atoms with Crippen LogP contribution in [0.15, 0.2) is 54.7 Å². The Labute approximate surface area is 166 Å². The minimum absolute atomic E-state index is 0.197. The number of fused-ring (bicyclic) bond motifs is 2. The van der Waals surface area contributed by atoms with Crippen molar-refractivity contribution in [3.05, 3.63) is 65.3 Å². The van der Waals surface area contributed by atoms with E-state index < -0.39 is 6.10 Å². The summed E-state index contributed by atoms with van der Waals surface area (Å²) in [5, 5.41) is 1.85. The molecule has 0 aliphatic rings. The van der Waals surface area contributed by atoms with Crippen LogP contribution >= 0.6 is 11.3 Å². The number of carbonyl (C=O) groups excluding carboxylic acids is 2. The zero-order chi connectivity index (χ0) is 19.5. The zero-order valence-corrected chi connectivity index (χ0v) is 16.3. The number of para-hydroxylation sites is 2. The maximum Gasteiger partial charge on any atom is 0.306 e. The number of aryl methyl sites for hydroxylation is 1. The predicted molar refractivity (Wildman–Crippen MR) is 111 cm³/mol. The lowest BCUT2D eigenvalue weighted by Gasteiger charge is -2.11. The molecule has 1 unspecified atom stereocenters. The number of carbonyl (C=O) groups is 2. The van der Waals surface area contributed by atoms with Crippen LogP contribution in [0, 0.1) is 0 Å². The Morgan fingerprint density at radius 2 is 1.93 bits per heavy atom. The molecule has 0 amide bonds. The number of hydrogen-bond acceptors (Lipinski definition) is 5. The molecule has 2 aromatic carbocycles. The Morgan fingerprint density at radius 1 is 1.14 bits per heavy atom. The van der Waals surface area contributed by atoms with Gasteiger partial charge in [-0.3, -0.25) is 9.59 Å². The van der Waals surface area contributed by atoms with Gasteiger partial charge in [-0.05, 0) is 38.0 Å². The molecule has 1 N–H and O–H groups in total. The minimum Gasteiger partial charge on any atom is -0.454 e. The molecule has 4 aromatic rings.